The first-order valence-corrected chi connectivity index (χ1v) is 11.8. The predicted molar refractivity (Wildman–Crippen MR) is 130 cm³/mol. The van der Waals surface area contributed by atoms with Crippen molar-refractivity contribution in [2.75, 3.05) is 11.4 Å². The van der Waals surface area contributed by atoms with E-state index >= 15 is 0 Å². The number of rotatable bonds is 8. The highest BCUT2D eigenvalue weighted by molar-refractivity contribution is 7.97. The lowest BCUT2D eigenvalue weighted by molar-refractivity contribution is -0.132. The van der Waals surface area contributed by atoms with E-state index in [1.807, 2.05) is 36.4 Å². The number of nitrogens with two attached hydrogens (primary N) is 2. The van der Waals surface area contributed by atoms with E-state index in [0.717, 1.165) is 40.9 Å². The fourth-order valence-electron chi connectivity index (χ4n) is 4.53. The maximum atomic E-state index is 13.6. The van der Waals surface area contributed by atoms with E-state index in [9.17, 15) is 9.90 Å². The highest BCUT2D eigenvalue weighted by Gasteiger charge is 2.50. The first-order chi connectivity index (χ1) is 15.5. The van der Waals surface area contributed by atoms with Gasteiger partial charge in [-0.2, -0.15) is 0 Å². The molecule has 2 atom stereocenters. The average molecular weight is 448 g/mol. The zero-order valence-electron chi connectivity index (χ0n) is 18.2. The summed E-state index contributed by atoms with van der Waals surface area (Å²) in [5.41, 5.74) is 8.19. The maximum absolute atomic E-state index is 13.6. The Bertz CT molecular complexity index is 1080. The number of amides is 1. The lowest BCUT2D eigenvalue weighted by atomic mass is 9.87. The molecule has 1 aliphatic rings. The van der Waals surface area contributed by atoms with Gasteiger partial charge in [0.2, 0.25) is 0 Å². The van der Waals surface area contributed by atoms with Crippen molar-refractivity contribution in [2.24, 2.45) is 10.9 Å². The molecule has 0 radical (unpaired) electrons. The second-order valence-electron chi connectivity index (χ2n) is 8.19. The van der Waals surface area contributed by atoms with Crippen LogP contribution in [0, 0.1) is 0 Å². The maximum Gasteiger partial charge on any atom is 0.268 e. The van der Waals surface area contributed by atoms with Gasteiger partial charge in [0.25, 0.3) is 5.91 Å². The number of aliphatic hydroxyl groups is 1. The van der Waals surface area contributed by atoms with Crippen molar-refractivity contribution in [1.29, 1.82) is 0 Å². The van der Waals surface area contributed by atoms with Crippen LogP contribution in [0.2, 0.25) is 0 Å². The Hall–Kier alpha value is -2.64. The Kier molecular flexibility index (Phi) is 6.67. The molecule has 1 aliphatic heterocycles. The summed E-state index contributed by atoms with van der Waals surface area (Å²) in [5.74, 6) is 0.105. The Labute approximate surface area is 193 Å². The van der Waals surface area contributed by atoms with E-state index in [1.54, 1.807) is 17.0 Å². The predicted octanol–water partition coefficient (Wildman–Crippen LogP) is 4.28. The van der Waals surface area contributed by atoms with E-state index in [2.05, 4.69) is 31.2 Å². The third-order valence-electron chi connectivity index (χ3n) is 6.35. The lowest BCUT2D eigenvalue weighted by Crippen LogP contribution is -2.40. The third-order valence-corrected chi connectivity index (χ3v) is 6.89. The van der Waals surface area contributed by atoms with Gasteiger partial charge in [-0.05, 0) is 72.1 Å². The number of fused-ring (bicyclic) bond motifs is 1. The lowest BCUT2D eigenvalue weighted by Gasteiger charge is -2.24. The normalized spacial score (nSPS) is 18.6. The van der Waals surface area contributed by atoms with E-state index in [1.165, 1.54) is 5.56 Å². The van der Waals surface area contributed by atoms with Crippen LogP contribution in [0.15, 0.2) is 77.7 Å². The minimum absolute atomic E-state index is 0.342. The van der Waals surface area contributed by atoms with Crippen LogP contribution in [0.25, 0.3) is 0 Å². The Morgan fingerprint density at radius 1 is 1.03 bits per heavy atom. The SMILES string of the molecule is CCC(CCN)c1ccc(CN2C(=O)C(O)(c3ccc(SN)cc3)c3ccccc32)cc1. The molecule has 6 heteroatoms. The van der Waals surface area contributed by atoms with Crippen molar-refractivity contribution in [1.82, 2.24) is 0 Å². The monoisotopic (exact) mass is 447 g/mol. The van der Waals surface area contributed by atoms with Gasteiger partial charge in [-0.3, -0.25) is 9.93 Å². The summed E-state index contributed by atoms with van der Waals surface area (Å²) < 4.78 is 0. The molecular formula is C26H29N3O2S. The fraction of sp³-hybridized carbons (Fsp3) is 0.269. The second kappa shape index (κ2) is 9.46. The fourth-order valence-corrected chi connectivity index (χ4v) is 4.82. The van der Waals surface area contributed by atoms with Gasteiger partial charge in [0.15, 0.2) is 5.60 Å². The van der Waals surface area contributed by atoms with Crippen LogP contribution in [-0.4, -0.2) is 17.6 Å². The van der Waals surface area contributed by atoms with E-state index in [-0.39, 0.29) is 5.91 Å². The van der Waals surface area contributed by atoms with Crippen LogP contribution >= 0.6 is 11.9 Å². The number of hydrogen-bond donors (Lipinski definition) is 3. The zero-order chi connectivity index (χ0) is 22.7. The number of carbonyl (C=O) groups is 1. The highest BCUT2D eigenvalue weighted by atomic mass is 32.2. The molecule has 1 amide bonds. The molecule has 4 rings (SSSR count). The number of benzene rings is 3. The van der Waals surface area contributed by atoms with Gasteiger partial charge < -0.3 is 15.7 Å². The molecule has 0 spiro atoms. The van der Waals surface area contributed by atoms with Crippen molar-refractivity contribution in [2.45, 2.75) is 42.7 Å². The van der Waals surface area contributed by atoms with Gasteiger partial charge in [-0.1, -0.05) is 61.5 Å². The van der Waals surface area contributed by atoms with Crippen molar-refractivity contribution in [3.8, 4) is 0 Å². The Balaban J connectivity index is 1.65. The van der Waals surface area contributed by atoms with Crippen LogP contribution in [0.5, 0.6) is 0 Å². The minimum atomic E-state index is -1.72. The molecule has 0 saturated heterocycles. The highest BCUT2D eigenvalue weighted by Crippen LogP contribution is 2.45. The van der Waals surface area contributed by atoms with Gasteiger partial charge in [-0.15, -0.1) is 0 Å². The minimum Gasteiger partial charge on any atom is -0.372 e. The van der Waals surface area contributed by atoms with Crippen LogP contribution in [0.4, 0.5) is 5.69 Å². The van der Waals surface area contributed by atoms with Crippen LogP contribution in [0.1, 0.15) is 47.9 Å². The summed E-state index contributed by atoms with van der Waals surface area (Å²) in [6.07, 6.45) is 2.01. The molecule has 3 aromatic carbocycles. The molecule has 5 nitrogen and oxygen atoms in total. The molecule has 0 aliphatic carbocycles. The number of nitrogens with zero attached hydrogens (tertiary/aromatic N) is 1. The smallest absolute Gasteiger partial charge is 0.268 e. The van der Waals surface area contributed by atoms with Gasteiger partial charge in [0, 0.05) is 10.5 Å². The summed E-state index contributed by atoms with van der Waals surface area (Å²) in [6.45, 7) is 3.24. The molecule has 5 N–H and O–H groups in total. The molecule has 0 fully saturated rings. The quantitative estimate of drug-likeness (QED) is 0.448. The summed E-state index contributed by atoms with van der Waals surface area (Å²) >= 11 is 1.13. The van der Waals surface area contributed by atoms with Crippen molar-refractivity contribution in [3.05, 3.63) is 95.1 Å². The van der Waals surface area contributed by atoms with Gasteiger partial charge in [0.1, 0.15) is 0 Å². The molecule has 3 aromatic rings. The number of carbonyl (C=O) groups excluding carboxylic acids is 1. The van der Waals surface area contributed by atoms with Crippen molar-refractivity contribution in [3.63, 3.8) is 0 Å². The summed E-state index contributed by atoms with van der Waals surface area (Å²) in [5, 5.41) is 17.3. The van der Waals surface area contributed by atoms with E-state index in [4.69, 9.17) is 10.9 Å². The molecule has 166 valence electrons. The van der Waals surface area contributed by atoms with Crippen LogP contribution in [0.3, 0.4) is 0 Å². The zero-order valence-corrected chi connectivity index (χ0v) is 19.0. The molecular weight excluding hydrogens is 418 g/mol. The molecule has 1 heterocycles. The second-order valence-corrected chi connectivity index (χ2v) is 8.89. The molecule has 0 saturated carbocycles. The van der Waals surface area contributed by atoms with Gasteiger partial charge in [0.05, 0.1) is 12.2 Å². The Morgan fingerprint density at radius 3 is 2.34 bits per heavy atom. The first kappa shape index (κ1) is 22.6. The number of para-hydroxylation sites is 1. The molecule has 2 unspecified atom stereocenters. The van der Waals surface area contributed by atoms with Crippen molar-refractivity contribution < 1.29 is 9.90 Å². The van der Waals surface area contributed by atoms with Crippen LogP contribution < -0.4 is 15.8 Å². The van der Waals surface area contributed by atoms with Gasteiger partial charge in [-0.25, -0.2) is 0 Å². The van der Waals surface area contributed by atoms with Crippen LogP contribution in [-0.2, 0) is 16.9 Å². The standard InChI is InChI=1S/C26H29N3O2S/c1-2-19(15-16-27)20-9-7-18(8-10-20)17-29-24-6-4-3-5-23(24)26(31,25(29)30)21-11-13-22(32-28)14-12-21/h3-14,19,31H,2,15-17,27-28H2,1H3. The van der Waals surface area contributed by atoms with E-state index < -0.39 is 5.60 Å². The summed E-state index contributed by atoms with van der Waals surface area (Å²) in [4.78, 5) is 16.1. The summed E-state index contributed by atoms with van der Waals surface area (Å²) in [6, 6.07) is 23.0. The molecule has 32 heavy (non-hydrogen) atoms. The largest absolute Gasteiger partial charge is 0.372 e. The number of anilines is 1. The van der Waals surface area contributed by atoms with E-state index in [0.29, 0.717) is 30.1 Å². The third kappa shape index (κ3) is 3.95. The van der Waals surface area contributed by atoms with Crippen molar-refractivity contribution >= 4 is 23.5 Å². The molecule has 0 aromatic heterocycles. The Morgan fingerprint density at radius 2 is 1.72 bits per heavy atom. The topological polar surface area (TPSA) is 92.6 Å². The first-order valence-electron chi connectivity index (χ1n) is 10.9. The average Bonchev–Trinajstić information content (AvgIpc) is 3.06. The number of hydrogen-bond acceptors (Lipinski definition) is 5. The molecule has 0 bridgehead atoms. The summed E-state index contributed by atoms with van der Waals surface area (Å²) in [7, 11) is 0. The van der Waals surface area contributed by atoms with Gasteiger partial charge >= 0.3 is 0 Å².